The molecular formula is C18H23NO6. The Morgan fingerprint density at radius 2 is 1.72 bits per heavy atom. The first kappa shape index (κ1) is 20.2. The van der Waals surface area contributed by atoms with E-state index in [4.69, 9.17) is 19.9 Å². The van der Waals surface area contributed by atoms with Crippen molar-refractivity contribution in [3.8, 4) is 5.75 Å². The highest BCUT2D eigenvalue weighted by Crippen LogP contribution is 2.23. The SMILES string of the molecule is COC(=O)/C(Cc1ccc(OCC(N)=O)cc1)=C(\OC(C)=O)C(C)C. The quantitative estimate of drug-likeness (QED) is 0.435. The van der Waals surface area contributed by atoms with Gasteiger partial charge in [0.25, 0.3) is 5.91 Å². The van der Waals surface area contributed by atoms with Gasteiger partial charge in [-0.15, -0.1) is 0 Å². The minimum Gasteiger partial charge on any atom is -0.484 e. The minimum absolute atomic E-state index is 0.170. The van der Waals surface area contributed by atoms with Crippen LogP contribution in [0.25, 0.3) is 0 Å². The van der Waals surface area contributed by atoms with Crippen LogP contribution < -0.4 is 10.5 Å². The molecule has 1 aromatic carbocycles. The number of amides is 1. The number of primary amides is 1. The summed E-state index contributed by atoms with van der Waals surface area (Å²) in [6, 6.07) is 6.80. The molecule has 0 aliphatic carbocycles. The van der Waals surface area contributed by atoms with E-state index in [-0.39, 0.29) is 30.3 Å². The lowest BCUT2D eigenvalue weighted by molar-refractivity contribution is -0.139. The molecule has 0 saturated carbocycles. The molecule has 1 amide bonds. The zero-order chi connectivity index (χ0) is 19.0. The van der Waals surface area contributed by atoms with E-state index in [9.17, 15) is 14.4 Å². The number of carbonyl (C=O) groups excluding carboxylic acids is 3. The molecule has 0 aromatic heterocycles. The highest BCUT2D eigenvalue weighted by atomic mass is 16.5. The Balaban J connectivity index is 3.07. The maximum Gasteiger partial charge on any atom is 0.337 e. The van der Waals surface area contributed by atoms with Crippen molar-refractivity contribution in [2.24, 2.45) is 11.7 Å². The fraction of sp³-hybridized carbons (Fsp3) is 0.389. The number of methoxy groups -OCH3 is 1. The number of carbonyl (C=O) groups is 3. The number of allylic oxidation sites excluding steroid dienone is 1. The molecule has 0 heterocycles. The topological polar surface area (TPSA) is 105 Å². The minimum atomic E-state index is -0.567. The number of hydrogen-bond donors (Lipinski definition) is 1. The van der Waals surface area contributed by atoms with Crippen molar-refractivity contribution in [3.63, 3.8) is 0 Å². The van der Waals surface area contributed by atoms with Gasteiger partial charge in [0, 0.05) is 19.3 Å². The molecule has 0 bridgehead atoms. The third-order valence-electron chi connectivity index (χ3n) is 3.19. The first-order valence-corrected chi connectivity index (χ1v) is 7.74. The number of nitrogens with two attached hydrogens (primary N) is 1. The molecule has 136 valence electrons. The average Bonchev–Trinajstić information content (AvgIpc) is 2.56. The van der Waals surface area contributed by atoms with Crippen LogP contribution in [0.2, 0.25) is 0 Å². The predicted octanol–water partition coefficient (Wildman–Crippen LogP) is 1.74. The van der Waals surface area contributed by atoms with Crippen LogP contribution in [0.1, 0.15) is 26.3 Å². The second-order valence-corrected chi connectivity index (χ2v) is 5.66. The molecule has 7 nitrogen and oxygen atoms in total. The summed E-state index contributed by atoms with van der Waals surface area (Å²) in [5.74, 6) is -1.03. The van der Waals surface area contributed by atoms with Gasteiger partial charge in [-0.3, -0.25) is 9.59 Å². The number of rotatable bonds is 8. The van der Waals surface area contributed by atoms with Gasteiger partial charge in [0.15, 0.2) is 6.61 Å². The Morgan fingerprint density at radius 3 is 2.16 bits per heavy atom. The first-order chi connectivity index (χ1) is 11.7. The Bertz CT molecular complexity index is 661. The van der Waals surface area contributed by atoms with E-state index in [1.807, 2.05) is 13.8 Å². The van der Waals surface area contributed by atoms with Gasteiger partial charge in [-0.2, -0.15) is 0 Å². The predicted molar refractivity (Wildman–Crippen MR) is 90.5 cm³/mol. The highest BCUT2D eigenvalue weighted by molar-refractivity contribution is 5.90. The molecule has 25 heavy (non-hydrogen) atoms. The lowest BCUT2D eigenvalue weighted by Crippen LogP contribution is -2.20. The standard InChI is InChI=1S/C18H23NO6/c1-11(2)17(25-12(3)20)15(18(22)23-4)9-13-5-7-14(8-6-13)24-10-16(19)21/h5-8,11H,9-10H2,1-4H3,(H2,19,21)/b17-15-. The van der Waals surface area contributed by atoms with Crippen molar-refractivity contribution in [2.45, 2.75) is 27.2 Å². The molecule has 0 atom stereocenters. The Hall–Kier alpha value is -2.83. The van der Waals surface area contributed by atoms with Gasteiger partial charge < -0.3 is 19.9 Å². The van der Waals surface area contributed by atoms with E-state index in [1.54, 1.807) is 24.3 Å². The van der Waals surface area contributed by atoms with E-state index in [2.05, 4.69) is 0 Å². The van der Waals surface area contributed by atoms with Crippen LogP contribution in [-0.4, -0.2) is 31.6 Å². The molecule has 0 radical (unpaired) electrons. The number of ether oxygens (including phenoxy) is 3. The van der Waals surface area contributed by atoms with Gasteiger partial charge in [0.05, 0.1) is 12.7 Å². The molecule has 2 N–H and O–H groups in total. The summed E-state index contributed by atoms with van der Waals surface area (Å²) in [5, 5.41) is 0. The Kier molecular flexibility index (Phi) is 7.65. The summed E-state index contributed by atoms with van der Waals surface area (Å²) in [5.41, 5.74) is 6.09. The zero-order valence-electron chi connectivity index (χ0n) is 14.8. The summed E-state index contributed by atoms with van der Waals surface area (Å²) in [6.07, 6.45) is 0.226. The van der Waals surface area contributed by atoms with E-state index in [1.165, 1.54) is 14.0 Å². The van der Waals surface area contributed by atoms with Crippen molar-refractivity contribution in [1.29, 1.82) is 0 Å². The van der Waals surface area contributed by atoms with Crippen molar-refractivity contribution < 1.29 is 28.6 Å². The van der Waals surface area contributed by atoms with Gasteiger partial charge in [-0.05, 0) is 17.7 Å². The van der Waals surface area contributed by atoms with Crippen molar-refractivity contribution in [3.05, 3.63) is 41.2 Å². The average molecular weight is 349 g/mol. The number of hydrogen-bond acceptors (Lipinski definition) is 6. The maximum absolute atomic E-state index is 12.1. The van der Waals surface area contributed by atoms with E-state index >= 15 is 0 Å². The molecule has 0 saturated heterocycles. The lowest BCUT2D eigenvalue weighted by atomic mass is 9.99. The van der Waals surface area contributed by atoms with Crippen molar-refractivity contribution >= 4 is 17.8 Å². The summed E-state index contributed by atoms with van der Waals surface area (Å²) < 4.78 is 15.2. The van der Waals surface area contributed by atoms with Crippen molar-refractivity contribution in [2.75, 3.05) is 13.7 Å². The van der Waals surface area contributed by atoms with Gasteiger partial charge in [0.2, 0.25) is 0 Å². The lowest BCUT2D eigenvalue weighted by Gasteiger charge is -2.16. The molecule has 1 aromatic rings. The smallest absolute Gasteiger partial charge is 0.337 e. The Labute approximate surface area is 146 Å². The van der Waals surface area contributed by atoms with Gasteiger partial charge in [0.1, 0.15) is 11.5 Å². The molecule has 0 spiro atoms. The fourth-order valence-electron chi connectivity index (χ4n) is 2.13. The van der Waals surface area contributed by atoms with Gasteiger partial charge >= 0.3 is 11.9 Å². The van der Waals surface area contributed by atoms with E-state index in [0.29, 0.717) is 5.75 Å². The molecule has 0 fully saturated rings. The van der Waals surface area contributed by atoms with E-state index in [0.717, 1.165) is 5.56 Å². The summed E-state index contributed by atoms with van der Waals surface area (Å²) in [7, 11) is 1.27. The maximum atomic E-state index is 12.1. The van der Waals surface area contributed by atoms with Gasteiger partial charge in [-0.1, -0.05) is 26.0 Å². The number of esters is 2. The summed E-state index contributed by atoms with van der Waals surface area (Å²) in [4.78, 5) is 34.2. The first-order valence-electron chi connectivity index (χ1n) is 7.74. The van der Waals surface area contributed by atoms with E-state index < -0.39 is 17.8 Å². The molecule has 1 rings (SSSR count). The second kappa shape index (κ2) is 9.46. The van der Waals surface area contributed by atoms with Crippen LogP contribution >= 0.6 is 0 Å². The normalized spacial score (nSPS) is 11.6. The van der Waals surface area contributed by atoms with Crippen molar-refractivity contribution in [1.82, 2.24) is 0 Å². The van der Waals surface area contributed by atoms with Gasteiger partial charge in [-0.25, -0.2) is 4.79 Å². The van der Waals surface area contributed by atoms with Crippen LogP contribution in [0.15, 0.2) is 35.6 Å². The van der Waals surface area contributed by atoms with Crippen LogP contribution in [-0.2, 0) is 30.3 Å². The fourth-order valence-corrected chi connectivity index (χ4v) is 2.13. The van der Waals surface area contributed by atoms with Crippen LogP contribution in [0, 0.1) is 5.92 Å². The third kappa shape index (κ3) is 6.66. The molecule has 0 aliphatic rings. The summed E-state index contributed by atoms with van der Waals surface area (Å²) >= 11 is 0. The van der Waals surface area contributed by atoms with Crippen LogP contribution in [0.4, 0.5) is 0 Å². The summed E-state index contributed by atoms with van der Waals surface area (Å²) in [6.45, 7) is 4.71. The zero-order valence-corrected chi connectivity index (χ0v) is 14.8. The highest BCUT2D eigenvalue weighted by Gasteiger charge is 2.22. The Morgan fingerprint density at radius 1 is 1.12 bits per heavy atom. The van der Waals surface area contributed by atoms with Crippen LogP contribution in [0.5, 0.6) is 5.75 Å². The monoisotopic (exact) mass is 349 g/mol. The molecular weight excluding hydrogens is 326 g/mol. The number of benzene rings is 1. The molecule has 0 aliphatic heterocycles. The largest absolute Gasteiger partial charge is 0.484 e. The third-order valence-corrected chi connectivity index (χ3v) is 3.19. The second-order valence-electron chi connectivity index (χ2n) is 5.66. The molecule has 7 heteroatoms. The van der Waals surface area contributed by atoms with Crippen LogP contribution in [0.3, 0.4) is 0 Å². The molecule has 0 unspecified atom stereocenters.